The van der Waals surface area contributed by atoms with Gasteiger partial charge in [0, 0.05) is 43.8 Å². The van der Waals surface area contributed by atoms with E-state index in [1.807, 2.05) is 28.8 Å². The van der Waals surface area contributed by atoms with Crippen LogP contribution in [0.2, 0.25) is 0 Å². The van der Waals surface area contributed by atoms with Gasteiger partial charge < -0.3 is 44.2 Å². The number of benzene rings is 3. The Morgan fingerprint density at radius 1 is 1.04 bits per heavy atom. The third-order valence-electron chi connectivity index (χ3n) is 9.41. The van der Waals surface area contributed by atoms with Gasteiger partial charge >= 0.3 is 5.97 Å². The molecule has 1 amide bonds. The SMILES string of the molecule is COc1cc(C(CC(=O)NCCn2c(CO)nc3ccccc32)c2c(O)cc3c(c2O)C(=O)O[C@@H](C)CCCC(=O)CCCC=C3)cc(OC)c1OC. The lowest BCUT2D eigenvalue weighted by atomic mass is 9.84. The molecule has 0 fully saturated rings. The number of ether oxygens (including phenoxy) is 4. The fraction of sp³-hybridized carbons (Fsp3) is 0.400. The monoisotopic (exact) mass is 729 g/mol. The molecule has 1 unspecified atom stereocenters. The van der Waals surface area contributed by atoms with E-state index in [-0.39, 0.29) is 59.3 Å². The average Bonchev–Trinajstić information content (AvgIpc) is 3.50. The number of carbonyl (C=O) groups excluding carboxylic acids is 3. The normalized spacial score (nSPS) is 16.0. The number of nitrogens with one attached hydrogen (secondary N) is 1. The number of aliphatic hydroxyl groups excluding tert-OH is 1. The molecule has 1 aliphatic rings. The number of nitrogens with zero attached hydrogens (tertiary/aromatic N) is 2. The number of rotatable bonds is 11. The smallest absolute Gasteiger partial charge is 0.342 e. The number of methoxy groups -OCH3 is 3. The zero-order valence-corrected chi connectivity index (χ0v) is 30.5. The van der Waals surface area contributed by atoms with Crippen molar-refractivity contribution in [1.82, 2.24) is 14.9 Å². The Hall–Kier alpha value is -5.56. The van der Waals surface area contributed by atoms with Crippen molar-refractivity contribution < 1.29 is 48.7 Å². The summed E-state index contributed by atoms with van der Waals surface area (Å²) in [7, 11) is 4.35. The van der Waals surface area contributed by atoms with Gasteiger partial charge in [0.25, 0.3) is 0 Å². The van der Waals surface area contributed by atoms with Crippen LogP contribution in [0.5, 0.6) is 28.7 Å². The third-order valence-corrected chi connectivity index (χ3v) is 9.41. The van der Waals surface area contributed by atoms with E-state index in [1.165, 1.54) is 27.4 Å². The first kappa shape index (κ1) is 38.7. The van der Waals surface area contributed by atoms with Crippen LogP contribution in [-0.2, 0) is 27.5 Å². The Morgan fingerprint density at radius 3 is 2.45 bits per heavy atom. The molecule has 0 aliphatic carbocycles. The van der Waals surface area contributed by atoms with Crippen molar-refractivity contribution in [3.05, 3.63) is 76.6 Å². The van der Waals surface area contributed by atoms with E-state index in [9.17, 15) is 29.7 Å². The Kier molecular flexibility index (Phi) is 13.0. The molecular formula is C40H47N3O10. The molecule has 4 aromatic rings. The maximum absolute atomic E-state index is 13.8. The number of phenols is 2. The van der Waals surface area contributed by atoms with Gasteiger partial charge in [-0.25, -0.2) is 9.78 Å². The molecule has 5 rings (SSSR count). The number of Topliss-reactive ketones (excluding diaryl/α,β-unsaturated/α-hetero) is 1. The van der Waals surface area contributed by atoms with Crippen LogP contribution in [0.1, 0.15) is 90.7 Å². The lowest BCUT2D eigenvalue weighted by Crippen LogP contribution is -2.29. The molecule has 13 nitrogen and oxygen atoms in total. The van der Waals surface area contributed by atoms with Gasteiger partial charge in [-0.2, -0.15) is 0 Å². The predicted octanol–water partition coefficient (Wildman–Crippen LogP) is 5.79. The molecule has 53 heavy (non-hydrogen) atoms. The number of amides is 1. The molecule has 0 saturated carbocycles. The van der Waals surface area contributed by atoms with Gasteiger partial charge in [-0.05, 0) is 74.1 Å². The van der Waals surface area contributed by atoms with Crippen molar-refractivity contribution in [2.24, 2.45) is 0 Å². The average molecular weight is 730 g/mol. The molecule has 4 N–H and O–H groups in total. The Balaban J connectivity index is 1.55. The second-order valence-electron chi connectivity index (χ2n) is 13.0. The largest absolute Gasteiger partial charge is 0.507 e. The minimum atomic E-state index is -1.02. The summed E-state index contributed by atoms with van der Waals surface area (Å²) in [6.07, 6.45) is 5.57. The lowest BCUT2D eigenvalue weighted by Gasteiger charge is -2.24. The summed E-state index contributed by atoms with van der Waals surface area (Å²) in [5, 5.41) is 36.4. The number of cyclic esters (lactones) is 1. The number of imidazole rings is 1. The maximum Gasteiger partial charge on any atom is 0.342 e. The molecule has 3 aromatic carbocycles. The molecule has 2 heterocycles. The second-order valence-corrected chi connectivity index (χ2v) is 13.0. The van der Waals surface area contributed by atoms with Gasteiger partial charge in [0.15, 0.2) is 11.5 Å². The van der Waals surface area contributed by atoms with Gasteiger partial charge in [0.05, 0.1) is 38.5 Å². The summed E-state index contributed by atoms with van der Waals surface area (Å²) < 4.78 is 24.3. The number of hydrogen-bond acceptors (Lipinski definition) is 11. The van der Waals surface area contributed by atoms with Crippen LogP contribution < -0.4 is 19.5 Å². The first-order chi connectivity index (χ1) is 25.6. The van der Waals surface area contributed by atoms with E-state index in [1.54, 1.807) is 31.2 Å². The van der Waals surface area contributed by atoms with Crippen LogP contribution in [0, 0.1) is 0 Å². The molecule has 1 aromatic heterocycles. The van der Waals surface area contributed by atoms with Crippen molar-refractivity contribution in [1.29, 1.82) is 0 Å². The highest BCUT2D eigenvalue weighted by atomic mass is 16.5. The van der Waals surface area contributed by atoms with E-state index in [0.717, 1.165) is 11.0 Å². The number of aromatic nitrogens is 2. The van der Waals surface area contributed by atoms with E-state index < -0.39 is 29.6 Å². The number of phenolic OH excluding ortho intramolecular Hbond substituents is 2. The summed E-state index contributed by atoms with van der Waals surface area (Å²) in [5.41, 5.74) is 1.95. The van der Waals surface area contributed by atoms with Gasteiger partial charge in [-0.1, -0.05) is 24.3 Å². The summed E-state index contributed by atoms with van der Waals surface area (Å²) in [5.74, 6) is -1.67. The highest BCUT2D eigenvalue weighted by molar-refractivity contribution is 5.98. The number of aliphatic hydroxyl groups is 1. The highest BCUT2D eigenvalue weighted by Crippen LogP contribution is 2.47. The van der Waals surface area contributed by atoms with Crippen molar-refractivity contribution in [2.45, 2.75) is 77.0 Å². The predicted molar refractivity (Wildman–Crippen MR) is 198 cm³/mol. The van der Waals surface area contributed by atoms with Gasteiger partial charge in [0.2, 0.25) is 11.7 Å². The van der Waals surface area contributed by atoms with Crippen molar-refractivity contribution >= 4 is 34.8 Å². The molecule has 0 bridgehead atoms. The topological polar surface area (TPSA) is 179 Å². The molecule has 1 aliphatic heterocycles. The fourth-order valence-electron chi connectivity index (χ4n) is 6.77. The fourth-order valence-corrected chi connectivity index (χ4v) is 6.77. The lowest BCUT2D eigenvalue weighted by molar-refractivity contribution is -0.121. The molecule has 13 heteroatoms. The number of carbonyl (C=O) groups is 3. The summed E-state index contributed by atoms with van der Waals surface area (Å²) in [6, 6.07) is 12.1. The van der Waals surface area contributed by atoms with Crippen molar-refractivity contribution in [3.8, 4) is 28.7 Å². The number of hydrogen-bond donors (Lipinski definition) is 4. The quantitative estimate of drug-likeness (QED) is 0.138. The van der Waals surface area contributed by atoms with Gasteiger partial charge in [-0.15, -0.1) is 0 Å². The van der Waals surface area contributed by atoms with Crippen molar-refractivity contribution in [2.75, 3.05) is 27.9 Å². The standard InChI is InChI=1S/C40H47N3O10/c1-24-11-10-14-27(45)13-7-5-6-12-25-19-31(46)37(38(48)36(25)40(49)53-24)28(26-20-32(50-2)39(52-4)33(21-26)51-3)22-35(47)41-17-18-43-30-16-9-8-15-29(30)42-34(43)23-44/h6,8-9,12,15-16,19-21,24,28,44,46,48H,5,7,10-11,13-14,17-18,22-23H2,1-4H3,(H,41,47)/t24-,28?/m0/s1. The van der Waals surface area contributed by atoms with Crippen molar-refractivity contribution in [3.63, 3.8) is 0 Å². The number of esters is 1. The highest BCUT2D eigenvalue weighted by Gasteiger charge is 2.32. The van der Waals surface area contributed by atoms with E-state index in [0.29, 0.717) is 62.2 Å². The van der Waals surface area contributed by atoms with Crippen LogP contribution in [-0.4, -0.2) is 76.5 Å². The molecule has 0 saturated heterocycles. The van der Waals surface area contributed by atoms with Crippen LogP contribution in [0.4, 0.5) is 0 Å². The molecule has 282 valence electrons. The van der Waals surface area contributed by atoms with Crippen LogP contribution in [0.15, 0.2) is 48.5 Å². The minimum absolute atomic E-state index is 0.0685. The molecule has 0 spiro atoms. The zero-order valence-electron chi connectivity index (χ0n) is 30.5. The first-order valence-electron chi connectivity index (χ1n) is 17.7. The van der Waals surface area contributed by atoms with Crippen LogP contribution in [0.25, 0.3) is 17.1 Å². The second kappa shape index (κ2) is 17.8. The number of aromatic hydroxyl groups is 2. The number of allylic oxidation sites excluding steroid dienone is 1. The van der Waals surface area contributed by atoms with Crippen LogP contribution in [0.3, 0.4) is 0 Å². The molecule has 2 atom stereocenters. The summed E-state index contributed by atoms with van der Waals surface area (Å²) in [4.78, 5) is 44.3. The van der Waals surface area contributed by atoms with E-state index in [4.69, 9.17) is 18.9 Å². The summed E-state index contributed by atoms with van der Waals surface area (Å²) >= 11 is 0. The first-order valence-corrected chi connectivity index (χ1v) is 17.7. The molecular weight excluding hydrogens is 682 g/mol. The number of fused-ring (bicyclic) bond motifs is 2. The minimum Gasteiger partial charge on any atom is -0.507 e. The van der Waals surface area contributed by atoms with E-state index in [2.05, 4.69) is 10.3 Å². The molecule has 0 radical (unpaired) electrons. The number of ketones is 1. The van der Waals surface area contributed by atoms with Gasteiger partial charge in [0.1, 0.15) is 35.3 Å². The van der Waals surface area contributed by atoms with E-state index >= 15 is 0 Å². The zero-order chi connectivity index (χ0) is 38.1. The Bertz CT molecular complexity index is 1960. The van der Waals surface area contributed by atoms with Gasteiger partial charge in [-0.3, -0.25) is 9.59 Å². The third kappa shape index (κ3) is 8.91. The summed E-state index contributed by atoms with van der Waals surface area (Å²) in [6.45, 7) is 1.94. The Labute approximate surface area is 308 Å². The van der Waals surface area contributed by atoms with Crippen LogP contribution >= 0.6 is 0 Å². The number of para-hydroxylation sites is 2. The Morgan fingerprint density at radius 2 is 1.75 bits per heavy atom. The maximum atomic E-state index is 13.8.